The van der Waals surface area contributed by atoms with Crippen LogP contribution in [0.1, 0.15) is 54.6 Å². The lowest BCUT2D eigenvalue weighted by atomic mass is 9.82. The maximum absolute atomic E-state index is 10.9. The highest BCUT2D eigenvalue weighted by molar-refractivity contribution is 9.10. The molecular weight excluding hydrogens is 360 g/mol. The number of hydrogen-bond acceptors (Lipinski definition) is 3. The van der Waals surface area contributed by atoms with Crippen molar-refractivity contribution >= 4 is 21.9 Å². The molecule has 2 rings (SSSR count). The fourth-order valence-electron chi connectivity index (χ4n) is 2.17. The van der Waals surface area contributed by atoms with E-state index in [2.05, 4.69) is 48.8 Å². The van der Waals surface area contributed by atoms with Gasteiger partial charge in [-0.1, -0.05) is 26.8 Å². The molecule has 0 saturated carbocycles. The van der Waals surface area contributed by atoms with E-state index in [1.54, 1.807) is 6.92 Å². The SMILES string of the molecule is CCC(C)(C)c1ccc(OCc2cc(C(=O)O)oc2C)c(Br)c1. The van der Waals surface area contributed by atoms with Crippen molar-refractivity contribution in [3.63, 3.8) is 0 Å². The van der Waals surface area contributed by atoms with Crippen molar-refractivity contribution in [1.82, 2.24) is 0 Å². The Hall–Kier alpha value is -1.75. The largest absolute Gasteiger partial charge is 0.488 e. The first-order valence-corrected chi connectivity index (χ1v) is 8.29. The van der Waals surface area contributed by atoms with Crippen LogP contribution in [0.4, 0.5) is 0 Å². The van der Waals surface area contributed by atoms with Crippen molar-refractivity contribution in [2.24, 2.45) is 0 Å². The topological polar surface area (TPSA) is 59.7 Å². The summed E-state index contributed by atoms with van der Waals surface area (Å²) in [5.41, 5.74) is 2.08. The van der Waals surface area contributed by atoms with E-state index in [4.69, 9.17) is 14.3 Å². The number of furan rings is 1. The Kier molecular flexibility index (Phi) is 5.19. The molecule has 1 heterocycles. The average molecular weight is 381 g/mol. The van der Waals surface area contributed by atoms with Gasteiger partial charge in [0, 0.05) is 5.56 Å². The molecular formula is C18H21BrO4. The molecule has 1 N–H and O–H groups in total. The molecule has 0 aliphatic carbocycles. The molecule has 0 radical (unpaired) electrons. The van der Waals surface area contributed by atoms with Gasteiger partial charge in [0.2, 0.25) is 5.76 Å². The van der Waals surface area contributed by atoms with Crippen molar-refractivity contribution < 1.29 is 19.1 Å². The van der Waals surface area contributed by atoms with Crippen LogP contribution >= 0.6 is 15.9 Å². The summed E-state index contributed by atoms with van der Waals surface area (Å²) in [7, 11) is 0. The molecule has 0 aliphatic heterocycles. The highest BCUT2D eigenvalue weighted by Gasteiger charge is 2.19. The van der Waals surface area contributed by atoms with Crippen LogP contribution in [-0.2, 0) is 12.0 Å². The molecule has 0 aliphatic rings. The average Bonchev–Trinajstić information content (AvgIpc) is 2.87. The molecule has 0 saturated heterocycles. The summed E-state index contributed by atoms with van der Waals surface area (Å²) in [6, 6.07) is 7.57. The van der Waals surface area contributed by atoms with E-state index in [1.165, 1.54) is 11.6 Å². The number of carboxylic acids is 1. The smallest absolute Gasteiger partial charge is 0.371 e. The first-order valence-electron chi connectivity index (χ1n) is 7.50. The Bertz CT molecular complexity index is 716. The van der Waals surface area contributed by atoms with E-state index in [1.807, 2.05) is 6.07 Å². The molecule has 1 aromatic heterocycles. The Morgan fingerprint density at radius 3 is 2.57 bits per heavy atom. The molecule has 0 spiro atoms. The van der Waals surface area contributed by atoms with Gasteiger partial charge in [0.05, 0.1) is 4.47 Å². The second-order valence-corrected chi connectivity index (χ2v) is 7.02. The van der Waals surface area contributed by atoms with Crippen LogP contribution in [-0.4, -0.2) is 11.1 Å². The van der Waals surface area contributed by atoms with Gasteiger partial charge in [-0.05, 0) is 58.5 Å². The molecule has 0 amide bonds. The first-order chi connectivity index (χ1) is 10.7. The lowest BCUT2D eigenvalue weighted by molar-refractivity contribution is 0.0661. The zero-order chi connectivity index (χ0) is 17.2. The summed E-state index contributed by atoms with van der Waals surface area (Å²) in [4.78, 5) is 10.9. The molecule has 124 valence electrons. The predicted molar refractivity (Wildman–Crippen MR) is 92.2 cm³/mol. The summed E-state index contributed by atoms with van der Waals surface area (Å²) in [5.74, 6) is 0.132. The number of carbonyl (C=O) groups is 1. The number of halogens is 1. The Balaban J connectivity index is 2.14. The maximum Gasteiger partial charge on any atom is 0.371 e. The summed E-state index contributed by atoms with van der Waals surface area (Å²) < 4.78 is 11.9. The highest BCUT2D eigenvalue weighted by Crippen LogP contribution is 2.34. The van der Waals surface area contributed by atoms with Gasteiger partial charge in [-0.15, -0.1) is 0 Å². The van der Waals surface area contributed by atoms with E-state index < -0.39 is 5.97 Å². The summed E-state index contributed by atoms with van der Waals surface area (Å²) in [6.45, 7) is 8.57. The van der Waals surface area contributed by atoms with Crippen LogP contribution in [0.2, 0.25) is 0 Å². The zero-order valence-electron chi connectivity index (χ0n) is 13.8. The van der Waals surface area contributed by atoms with E-state index in [0.29, 0.717) is 5.76 Å². The van der Waals surface area contributed by atoms with Gasteiger partial charge < -0.3 is 14.3 Å². The molecule has 5 heteroatoms. The van der Waals surface area contributed by atoms with Gasteiger partial charge in [-0.3, -0.25) is 0 Å². The normalized spacial score (nSPS) is 11.5. The second kappa shape index (κ2) is 6.79. The number of aromatic carboxylic acids is 1. The third-order valence-corrected chi connectivity index (χ3v) is 4.83. The molecule has 0 bridgehead atoms. The minimum atomic E-state index is -1.08. The lowest BCUT2D eigenvalue weighted by Gasteiger charge is -2.24. The summed E-state index contributed by atoms with van der Waals surface area (Å²) in [6.07, 6.45) is 1.05. The number of benzene rings is 1. The van der Waals surface area contributed by atoms with Crippen molar-refractivity contribution in [2.75, 3.05) is 0 Å². The number of hydrogen-bond donors (Lipinski definition) is 1. The standard InChI is InChI=1S/C18H21BrO4/c1-5-18(3,4)13-6-7-15(14(19)9-13)22-10-12-8-16(17(20)21)23-11(12)2/h6-9H,5,10H2,1-4H3,(H,20,21). The number of rotatable bonds is 6. The zero-order valence-corrected chi connectivity index (χ0v) is 15.4. The Morgan fingerprint density at radius 2 is 2.04 bits per heavy atom. The molecule has 1 aromatic carbocycles. The van der Waals surface area contributed by atoms with Crippen molar-refractivity contribution in [1.29, 1.82) is 0 Å². The van der Waals surface area contributed by atoms with Crippen molar-refractivity contribution in [3.8, 4) is 5.75 Å². The monoisotopic (exact) mass is 380 g/mol. The van der Waals surface area contributed by atoms with Crippen molar-refractivity contribution in [2.45, 2.75) is 46.1 Å². The van der Waals surface area contributed by atoms with Gasteiger partial charge in [0.15, 0.2) is 0 Å². The fraction of sp³-hybridized carbons (Fsp3) is 0.389. The third kappa shape index (κ3) is 3.96. The van der Waals surface area contributed by atoms with Crippen LogP contribution in [0.15, 0.2) is 33.2 Å². The third-order valence-electron chi connectivity index (χ3n) is 4.21. The molecule has 0 atom stereocenters. The molecule has 4 nitrogen and oxygen atoms in total. The fourth-order valence-corrected chi connectivity index (χ4v) is 2.66. The van der Waals surface area contributed by atoms with E-state index in [0.717, 1.165) is 22.2 Å². The van der Waals surface area contributed by atoms with Crippen LogP contribution in [0.5, 0.6) is 5.75 Å². The number of aryl methyl sites for hydroxylation is 1. The van der Waals surface area contributed by atoms with Crippen LogP contribution in [0, 0.1) is 6.92 Å². The highest BCUT2D eigenvalue weighted by atomic mass is 79.9. The quantitative estimate of drug-likeness (QED) is 0.736. The second-order valence-electron chi connectivity index (χ2n) is 6.17. The maximum atomic E-state index is 10.9. The number of carboxylic acid groups (broad SMARTS) is 1. The van der Waals surface area contributed by atoms with Gasteiger partial charge >= 0.3 is 5.97 Å². The minimum Gasteiger partial charge on any atom is -0.488 e. The van der Waals surface area contributed by atoms with Crippen molar-refractivity contribution in [3.05, 3.63) is 51.4 Å². The molecule has 0 fully saturated rings. The Morgan fingerprint density at radius 1 is 1.35 bits per heavy atom. The molecule has 2 aromatic rings. The predicted octanol–water partition coefficient (Wildman–Crippen LogP) is 5.32. The van der Waals surface area contributed by atoms with Crippen LogP contribution < -0.4 is 4.74 Å². The van der Waals surface area contributed by atoms with Gasteiger partial charge in [0.25, 0.3) is 0 Å². The van der Waals surface area contributed by atoms with E-state index in [9.17, 15) is 4.79 Å². The number of ether oxygens (including phenoxy) is 1. The molecule has 23 heavy (non-hydrogen) atoms. The first kappa shape index (κ1) is 17.6. The van der Waals surface area contributed by atoms with E-state index >= 15 is 0 Å². The minimum absolute atomic E-state index is 0.0693. The lowest BCUT2D eigenvalue weighted by Crippen LogP contribution is -2.15. The molecule has 0 unspecified atom stereocenters. The van der Waals surface area contributed by atoms with Gasteiger partial charge in [0.1, 0.15) is 18.1 Å². The van der Waals surface area contributed by atoms with Gasteiger partial charge in [-0.25, -0.2) is 4.79 Å². The van der Waals surface area contributed by atoms with Gasteiger partial charge in [-0.2, -0.15) is 0 Å². The van der Waals surface area contributed by atoms with Crippen LogP contribution in [0.25, 0.3) is 0 Å². The van der Waals surface area contributed by atoms with Crippen LogP contribution in [0.3, 0.4) is 0 Å². The summed E-state index contributed by atoms with van der Waals surface area (Å²) >= 11 is 3.55. The Labute approximate surface area is 144 Å². The van der Waals surface area contributed by atoms with E-state index in [-0.39, 0.29) is 17.8 Å². The summed E-state index contributed by atoms with van der Waals surface area (Å²) in [5, 5.41) is 8.94.